The molecule has 1 aliphatic heterocycles. The molecule has 1 fully saturated rings. The van der Waals surface area contributed by atoms with Gasteiger partial charge >= 0.3 is 5.97 Å². The summed E-state index contributed by atoms with van der Waals surface area (Å²) in [5.74, 6) is -0.205. The second kappa shape index (κ2) is 3.39. The molecule has 13 heavy (non-hydrogen) atoms. The number of esters is 1. The van der Waals surface area contributed by atoms with E-state index in [0.717, 1.165) is 11.1 Å². The van der Waals surface area contributed by atoms with E-state index in [1.165, 1.54) is 0 Å². The minimum atomic E-state index is -0.205. The molecule has 3 nitrogen and oxygen atoms in total. The number of aromatic nitrogens is 1. The van der Waals surface area contributed by atoms with Crippen molar-refractivity contribution in [2.75, 3.05) is 6.61 Å². The number of rotatable bonds is 1. The fourth-order valence-corrected chi connectivity index (χ4v) is 1.24. The average Bonchev–Trinajstić information content (AvgIpc) is 2.54. The molecular weight excluding hydrogens is 166 g/mol. The Morgan fingerprint density at radius 2 is 2.46 bits per heavy atom. The Hall–Kier alpha value is -1.64. The summed E-state index contributed by atoms with van der Waals surface area (Å²) >= 11 is 0. The molecule has 66 valence electrons. The molecule has 1 aliphatic rings. The van der Waals surface area contributed by atoms with Gasteiger partial charge in [-0.25, -0.2) is 4.79 Å². The summed E-state index contributed by atoms with van der Waals surface area (Å²) in [7, 11) is 0. The molecule has 3 heteroatoms. The van der Waals surface area contributed by atoms with E-state index in [1.807, 2.05) is 18.2 Å². The van der Waals surface area contributed by atoms with E-state index in [4.69, 9.17) is 4.74 Å². The topological polar surface area (TPSA) is 39.2 Å². The van der Waals surface area contributed by atoms with Crippen LogP contribution in [0.15, 0.2) is 30.1 Å². The molecule has 1 saturated heterocycles. The number of pyridine rings is 1. The molecule has 0 aromatic carbocycles. The number of hydrogen-bond donors (Lipinski definition) is 0. The molecule has 1 aromatic heterocycles. The minimum Gasteiger partial charge on any atom is -0.462 e. The maximum atomic E-state index is 11.1. The van der Waals surface area contributed by atoms with Crippen molar-refractivity contribution in [3.63, 3.8) is 0 Å². The van der Waals surface area contributed by atoms with Crippen molar-refractivity contribution in [3.05, 3.63) is 35.7 Å². The van der Waals surface area contributed by atoms with Gasteiger partial charge in [0.25, 0.3) is 0 Å². The zero-order valence-corrected chi connectivity index (χ0v) is 7.06. The van der Waals surface area contributed by atoms with Gasteiger partial charge in [-0.3, -0.25) is 4.98 Å². The third-order valence-corrected chi connectivity index (χ3v) is 1.89. The Bertz CT molecular complexity index is 343. The van der Waals surface area contributed by atoms with Crippen LogP contribution in [0.4, 0.5) is 0 Å². The summed E-state index contributed by atoms with van der Waals surface area (Å²) in [5, 5.41) is 0. The lowest BCUT2D eigenvalue weighted by molar-refractivity contribution is -0.134. The van der Waals surface area contributed by atoms with Gasteiger partial charge in [-0.1, -0.05) is 6.07 Å². The first-order valence-corrected chi connectivity index (χ1v) is 4.14. The van der Waals surface area contributed by atoms with Crippen LogP contribution in [0.25, 0.3) is 6.08 Å². The van der Waals surface area contributed by atoms with Gasteiger partial charge in [-0.2, -0.15) is 0 Å². The zero-order chi connectivity index (χ0) is 9.10. The van der Waals surface area contributed by atoms with E-state index >= 15 is 0 Å². The number of ether oxygens (including phenoxy) is 1. The fourth-order valence-electron chi connectivity index (χ4n) is 1.24. The lowest BCUT2D eigenvalue weighted by Gasteiger charge is -1.92. The van der Waals surface area contributed by atoms with E-state index in [2.05, 4.69) is 4.98 Å². The van der Waals surface area contributed by atoms with Gasteiger partial charge < -0.3 is 4.74 Å². The Morgan fingerprint density at radius 1 is 1.54 bits per heavy atom. The van der Waals surface area contributed by atoms with E-state index < -0.39 is 0 Å². The van der Waals surface area contributed by atoms with Crippen molar-refractivity contribution in [2.24, 2.45) is 0 Å². The highest BCUT2D eigenvalue weighted by molar-refractivity contribution is 5.95. The van der Waals surface area contributed by atoms with Gasteiger partial charge in [0.2, 0.25) is 0 Å². The highest BCUT2D eigenvalue weighted by Gasteiger charge is 2.17. The fraction of sp³-hybridized carbons (Fsp3) is 0.200. The lowest BCUT2D eigenvalue weighted by Crippen LogP contribution is -1.94. The number of carbonyl (C=O) groups is 1. The summed E-state index contributed by atoms with van der Waals surface area (Å²) in [6.07, 6.45) is 5.95. The zero-order valence-electron chi connectivity index (χ0n) is 7.06. The van der Waals surface area contributed by atoms with Crippen LogP contribution in [-0.2, 0) is 9.53 Å². The minimum absolute atomic E-state index is 0.205. The van der Waals surface area contributed by atoms with E-state index in [0.29, 0.717) is 13.0 Å². The molecule has 0 N–H and O–H groups in total. The summed E-state index contributed by atoms with van der Waals surface area (Å²) in [5.41, 5.74) is 1.67. The molecule has 1 aromatic rings. The molecule has 0 unspecified atom stereocenters. The van der Waals surface area contributed by atoms with Crippen LogP contribution in [0.5, 0.6) is 0 Å². The maximum Gasteiger partial charge on any atom is 0.334 e. The quantitative estimate of drug-likeness (QED) is 0.478. The molecule has 2 rings (SSSR count). The van der Waals surface area contributed by atoms with Crippen LogP contribution in [0.2, 0.25) is 0 Å². The second-order valence-electron chi connectivity index (χ2n) is 2.84. The molecule has 2 heterocycles. The normalized spacial score (nSPS) is 19.1. The van der Waals surface area contributed by atoms with Gasteiger partial charge in [-0.15, -0.1) is 0 Å². The summed E-state index contributed by atoms with van der Waals surface area (Å²) in [6, 6.07) is 3.75. The Morgan fingerprint density at radius 3 is 3.08 bits per heavy atom. The van der Waals surface area contributed by atoms with Crippen LogP contribution >= 0.6 is 0 Å². The van der Waals surface area contributed by atoms with Crippen molar-refractivity contribution in [2.45, 2.75) is 6.42 Å². The Kier molecular flexibility index (Phi) is 2.08. The second-order valence-corrected chi connectivity index (χ2v) is 2.84. The highest BCUT2D eigenvalue weighted by atomic mass is 16.5. The van der Waals surface area contributed by atoms with Crippen LogP contribution in [0.1, 0.15) is 12.0 Å². The van der Waals surface area contributed by atoms with Gasteiger partial charge in [0.1, 0.15) is 0 Å². The van der Waals surface area contributed by atoms with E-state index in [-0.39, 0.29) is 5.97 Å². The van der Waals surface area contributed by atoms with Gasteiger partial charge in [0.15, 0.2) is 0 Å². The maximum absolute atomic E-state index is 11.1. The monoisotopic (exact) mass is 175 g/mol. The lowest BCUT2D eigenvalue weighted by atomic mass is 10.1. The molecule has 0 bridgehead atoms. The first-order chi connectivity index (χ1) is 6.36. The van der Waals surface area contributed by atoms with Crippen molar-refractivity contribution < 1.29 is 9.53 Å². The van der Waals surface area contributed by atoms with Crippen molar-refractivity contribution in [1.29, 1.82) is 0 Å². The van der Waals surface area contributed by atoms with Crippen LogP contribution < -0.4 is 0 Å². The molecule has 0 saturated carbocycles. The predicted octanol–water partition coefficient (Wildman–Crippen LogP) is 1.41. The number of carbonyl (C=O) groups excluding carboxylic acids is 1. The molecule has 0 spiro atoms. The van der Waals surface area contributed by atoms with E-state index in [9.17, 15) is 4.79 Å². The van der Waals surface area contributed by atoms with Crippen molar-refractivity contribution in [3.8, 4) is 0 Å². The first kappa shape index (κ1) is 7.98. The van der Waals surface area contributed by atoms with Gasteiger partial charge in [0, 0.05) is 24.4 Å². The molecule has 0 atom stereocenters. The number of hydrogen-bond acceptors (Lipinski definition) is 3. The SMILES string of the molecule is O=C1OCCC1=Cc1cccnc1. The summed E-state index contributed by atoms with van der Waals surface area (Å²) in [4.78, 5) is 15.0. The third-order valence-electron chi connectivity index (χ3n) is 1.89. The smallest absolute Gasteiger partial charge is 0.334 e. The average molecular weight is 175 g/mol. The van der Waals surface area contributed by atoms with Crippen molar-refractivity contribution in [1.82, 2.24) is 4.98 Å². The third kappa shape index (κ3) is 1.75. The Balaban J connectivity index is 2.25. The van der Waals surface area contributed by atoms with Gasteiger partial charge in [-0.05, 0) is 17.7 Å². The first-order valence-electron chi connectivity index (χ1n) is 4.14. The standard InChI is InChI=1S/C10H9NO2/c12-10-9(3-5-13-10)6-8-2-1-4-11-7-8/h1-2,4,6-7H,3,5H2. The van der Waals surface area contributed by atoms with Crippen LogP contribution in [0.3, 0.4) is 0 Å². The molecule has 0 radical (unpaired) electrons. The summed E-state index contributed by atoms with van der Waals surface area (Å²) in [6.45, 7) is 0.505. The molecular formula is C10H9NO2. The predicted molar refractivity (Wildman–Crippen MR) is 47.8 cm³/mol. The van der Waals surface area contributed by atoms with Crippen LogP contribution in [-0.4, -0.2) is 17.6 Å². The summed E-state index contributed by atoms with van der Waals surface area (Å²) < 4.78 is 4.81. The number of cyclic esters (lactones) is 1. The highest BCUT2D eigenvalue weighted by Crippen LogP contribution is 2.16. The Labute approximate surface area is 76.1 Å². The van der Waals surface area contributed by atoms with E-state index in [1.54, 1.807) is 12.4 Å². The van der Waals surface area contributed by atoms with Crippen molar-refractivity contribution >= 4 is 12.0 Å². The molecule has 0 amide bonds. The molecule has 0 aliphatic carbocycles. The van der Waals surface area contributed by atoms with Gasteiger partial charge in [0.05, 0.1) is 6.61 Å². The number of nitrogens with zero attached hydrogens (tertiary/aromatic N) is 1. The largest absolute Gasteiger partial charge is 0.462 e. The van der Waals surface area contributed by atoms with Crippen LogP contribution in [0, 0.1) is 0 Å².